The summed E-state index contributed by atoms with van der Waals surface area (Å²) >= 11 is 0. The summed E-state index contributed by atoms with van der Waals surface area (Å²) in [6.07, 6.45) is 0.159. The molecule has 1 amide bonds. The molecule has 6 heteroatoms. The molecule has 0 unspecified atom stereocenters. The molecule has 2 aromatic rings. The van der Waals surface area contributed by atoms with E-state index in [1.54, 1.807) is 24.3 Å². The second-order valence-electron chi connectivity index (χ2n) is 6.34. The van der Waals surface area contributed by atoms with E-state index in [1.165, 1.54) is 26.2 Å². The summed E-state index contributed by atoms with van der Waals surface area (Å²) in [5.41, 5.74) is 1.65. The number of hydrogen-bond donors (Lipinski definition) is 1. The molecule has 0 bridgehead atoms. The zero-order valence-corrected chi connectivity index (χ0v) is 15.5. The SMILES string of the molecule is COC[C@@H](CC(C)=O)C(=O)NCc1ccc(OCc2cccc(F)c2)cc1. The Hall–Kier alpha value is -2.73. The van der Waals surface area contributed by atoms with Gasteiger partial charge in [-0.3, -0.25) is 4.79 Å². The maximum atomic E-state index is 13.2. The van der Waals surface area contributed by atoms with Crippen LogP contribution in [0, 0.1) is 11.7 Å². The van der Waals surface area contributed by atoms with Crippen molar-refractivity contribution in [3.63, 3.8) is 0 Å². The van der Waals surface area contributed by atoms with Crippen LogP contribution in [0.5, 0.6) is 5.75 Å². The number of halogens is 1. The van der Waals surface area contributed by atoms with Crippen LogP contribution in [-0.4, -0.2) is 25.4 Å². The van der Waals surface area contributed by atoms with Crippen molar-refractivity contribution in [2.24, 2.45) is 5.92 Å². The van der Waals surface area contributed by atoms with E-state index < -0.39 is 5.92 Å². The van der Waals surface area contributed by atoms with Crippen LogP contribution in [-0.2, 0) is 27.5 Å². The van der Waals surface area contributed by atoms with Gasteiger partial charge in [0.2, 0.25) is 5.91 Å². The van der Waals surface area contributed by atoms with Gasteiger partial charge in [-0.05, 0) is 42.3 Å². The first-order chi connectivity index (χ1) is 13.0. The Balaban J connectivity index is 1.84. The Morgan fingerprint density at radius 3 is 2.48 bits per heavy atom. The topological polar surface area (TPSA) is 64.6 Å². The van der Waals surface area contributed by atoms with E-state index in [0.717, 1.165) is 11.1 Å². The molecule has 0 fully saturated rings. The normalized spacial score (nSPS) is 11.7. The molecule has 2 aromatic carbocycles. The number of amides is 1. The lowest BCUT2D eigenvalue weighted by molar-refractivity contribution is -0.130. The third kappa shape index (κ3) is 7.19. The summed E-state index contributed by atoms with van der Waals surface area (Å²) in [5.74, 6) is -0.381. The van der Waals surface area contributed by atoms with Crippen molar-refractivity contribution in [1.29, 1.82) is 0 Å². The Morgan fingerprint density at radius 2 is 1.85 bits per heavy atom. The lowest BCUT2D eigenvalue weighted by Crippen LogP contribution is -2.33. The molecule has 0 aliphatic rings. The van der Waals surface area contributed by atoms with Gasteiger partial charge in [-0.25, -0.2) is 4.39 Å². The highest BCUT2D eigenvalue weighted by Gasteiger charge is 2.19. The van der Waals surface area contributed by atoms with Crippen molar-refractivity contribution >= 4 is 11.7 Å². The van der Waals surface area contributed by atoms with Crippen molar-refractivity contribution in [2.45, 2.75) is 26.5 Å². The first-order valence-electron chi connectivity index (χ1n) is 8.70. The molecule has 1 N–H and O–H groups in total. The predicted octanol–water partition coefficient (Wildman–Crippen LogP) is 3.26. The average molecular weight is 373 g/mol. The van der Waals surface area contributed by atoms with Crippen LogP contribution in [0.4, 0.5) is 4.39 Å². The van der Waals surface area contributed by atoms with E-state index in [2.05, 4.69) is 5.32 Å². The minimum atomic E-state index is -0.485. The van der Waals surface area contributed by atoms with Gasteiger partial charge in [-0.1, -0.05) is 24.3 Å². The zero-order valence-electron chi connectivity index (χ0n) is 15.5. The largest absolute Gasteiger partial charge is 0.489 e. The van der Waals surface area contributed by atoms with Crippen LogP contribution < -0.4 is 10.1 Å². The van der Waals surface area contributed by atoms with Gasteiger partial charge >= 0.3 is 0 Å². The lowest BCUT2D eigenvalue weighted by atomic mass is 10.0. The summed E-state index contributed by atoms with van der Waals surface area (Å²) in [6, 6.07) is 13.5. The van der Waals surface area contributed by atoms with Crippen LogP contribution in [0.15, 0.2) is 48.5 Å². The lowest BCUT2D eigenvalue weighted by Gasteiger charge is -2.15. The van der Waals surface area contributed by atoms with Crippen molar-refractivity contribution in [3.8, 4) is 5.75 Å². The van der Waals surface area contributed by atoms with E-state index in [-0.39, 0.29) is 37.1 Å². The van der Waals surface area contributed by atoms with E-state index in [1.807, 2.05) is 12.1 Å². The standard InChI is InChI=1S/C21H24FNO4/c1-15(24)10-18(14-26-2)21(25)23-12-16-6-8-20(9-7-16)27-13-17-4-3-5-19(22)11-17/h3-9,11,18H,10,12-14H2,1-2H3,(H,23,25)/t18-/m1/s1. The van der Waals surface area contributed by atoms with Gasteiger partial charge in [0.15, 0.2) is 0 Å². The van der Waals surface area contributed by atoms with E-state index in [4.69, 9.17) is 9.47 Å². The highest BCUT2D eigenvalue weighted by atomic mass is 19.1. The summed E-state index contributed by atoms with van der Waals surface area (Å²) in [4.78, 5) is 23.5. The molecule has 0 saturated carbocycles. The number of carbonyl (C=O) groups excluding carboxylic acids is 2. The van der Waals surface area contributed by atoms with Crippen LogP contribution >= 0.6 is 0 Å². The van der Waals surface area contributed by atoms with Crippen molar-refractivity contribution in [1.82, 2.24) is 5.32 Å². The zero-order chi connectivity index (χ0) is 19.6. The number of nitrogens with one attached hydrogen (secondary N) is 1. The first-order valence-corrected chi connectivity index (χ1v) is 8.70. The van der Waals surface area contributed by atoms with Crippen LogP contribution in [0.3, 0.4) is 0 Å². The van der Waals surface area contributed by atoms with Crippen LogP contribution in [0.1, 0.15) is 24.5 Å². The van der Waals surface area contributed by atoms with Gasteiger partial charge in [-0.2, -0.15) is 0 Å². The number of carbonyl (C=O) groups is 2. The molecule has 0 radical (unpaired) electrons. The molecular formula is C21H24FNO4. The fourth-order valence-electron chi connectivity index (χ4n) is 2.61. The van der Waals surface area contributed by atoms with Crippen molar-refractivity contribution in [2.75, 3.05) is 13.7 Å². The number of benzene rings is 2. The molecular weight excluding hydrogens is 349 g/mol. The van der Waals surface area contributed by atoms with Gasteiger partial charge in [0.25, 0.3) is 0 Å². The summed E-state index contributed by atoms with van der Waals surface area (Å²) in [6.45, 7) is 2.29. The molecule has 0 saturated heterocycles. The fraction of sp³-hybridized carbons (Fsp3) is 0.333. The third-order valence-corrected chi connectivity index (χ3v) is 3.96. The van der Waals surface area contributed by atoms with Gasteiger partial charge in [0.05, 0.1) is 12.5 Å². The Kier molecular flexibility index (Phi) is 7.95. The highest BCUT2D eigenvalue weighted by molar-refractivity contribution is 5.85. The summed E-state index contributed by atoms with van der Waals surface area (Å²) in [7, 11) is 1.50. The number of methoxy groups -OCH3 is 1. The minimum Gasteiger partial charge on any atom is -0.489 e. The smallest absolute Gasteiger partial charge is 0.226 e. The van der Waals surface area contributed by atoms with E-state index in [9.17, 15) is 14.0 Å². The highest BCUT2D eigenvalue weighted by Crippen LogP contribution is 2.15. The molecule has 2 rings (SSSR count). The maximum absolute atomic E-state index is 13.2. The van der Waals surface area contributed by atoms with Crippen molar-refractivity contribution in [3.05, 3.63) is 65.5 Å². The van der Waals surface area contributed by atoms with Crippen molar-refractivity contribution < 1.29 is 23.5 Å². The second-order valence-corrected chi connectivity index (χ2v) is 6.34. The molecule has 0 aliphatic heterocycles. The fourth-order valence-corrected chi connectivity index (χ4v) is 2.61. The molecule has 27 heavy (non-hydrogen) atoms. The Labute approximate surface area is 158 Å². The van der Waals surface area contributed by atoms with E-state index >= 15 is 0 Å². The van der Waals surface area contributed by atoms with Gasteiger partial charge in [-0.15, -0.1) is 0 Å². The Bertz CT molecular complexity index is 761. The number of Topliss-reactive ketones (excluding diaryl/α,β-unsaturated/α-hetero) is 1. The van der Waals surface area contributed by atoms with Crippen LogP contribution in [0.25, 0.3) is 0 Å². The molecule has 1 atom stereocenters. The van der Waals surface area contributed by atoms with Gasteiger partial charge in [0, 0.05) is 20.1 Å². The Morgan fingerprint density at radius 1 is 1.11 bits per heavy atom. The first kappa shape index (κ1) is 20.6. The predicted molar refractivity (Wildman–Crippen MR) is 99.7 cm³/mol. The van der Waals surface area contributed by atoms with E-state index in [0.29, 0.717) is 12.3 Å². The van der Waals surface area contributed by atoms with Crippen LogP contribution in [0.2, 0.25) is 0 Å². The molecule has 144 valence electrons. The number of ether oxygens (including phenoxy) is 2. The van der Waals surface area contributed by atoms with Gasteiger partial charge < -0.3 is 19.6 Å². The number of hydrogen-bond acceptors (Lipinski definition) is 4. The number of rotatable bonds is 10. The number of ketones is 1. The second kappa shape index (κ2) is 10.4. The molecule has 0 spiro atoms. The quantitative estimate of drug-likeness (QED) is 0.694. The van der Waals surface area contributed by atoms with Gasteiger partial charge in [0.1, 0.15) is 24.0 Å². The minimum absolute atomic E-state index is 0.0491. The molecule has 5 nitrogen and oxygen atoms in total. The monoisotopic (exact) mass is 373 g/mol. The molecule has 0 aromatic heterocycles. The summed E-state index contributed by atoms with van der Waals surface area (Å²) in [5, 5.41) is 2.82. The summed E-state index contributed by atoms with van der Waals surface area (Å²) < 4.78 is 23.8. The molecule has 0 heterocycles. The maximum Gasteiger partial charge on any atom is 0.226 e. The third-order valence-electron chi connectivity index (χ3n) is 3.96. The average Bonchev–Trinajstić information content (AvgIpc) is 2.64. The molecule has 0 aliphatic carbocycles.